The first-order valence-electron chi connectivity index (χ1n) is 10.3. The van der Waals surface area contributed by atoms with Crippen molar-refractivity contribution >= 4 is 11.6 Å². The molecule has 0 saturated carbocycles. The zero-order valence-corrected chi connectivity index (χ0v) is 17.7. The molecule has 0 bridgehead atoms. The van der Waals surface area contributed by atoms with Gasteiger partial charge in [0.2, 0.25) is 0 Å². The van der Waals surface area contributed by atoms with E-state index in [0.717, 1.165) is 44.3 Å². The molecule has 5 heteroatoms. The van der Waals surface area contributed by atoms with Crippen LogP contribution in [-0.4, -0.2) is 39.8 Å². The van der Waals surface area contributed by atoms with Crippen LogP contribution in [0.3, 0.4) is 0 Å². The van der Waals surface area contributed by atoms with Crippen LogP contribution in [0.1, 0.15) is 30.4 Å². The monoisotopic (exact) mass is 392 g/mol. The van der Waals surface area contributed by atoms with Gasteiger partial charge in [-0.2, -0.15) is 0 Å². The van der Waals surface area contributed by atoms with Crippen LogP contribution in [0.2, 0.25) is 0 Å². The molecule has 154 valence electrons. The number of nitrogens with one attached hydrogen (secondary N) is 2. The summed E-state index contributed by atoms with van der Waals surface area (Å²) in [5, 5.41) is 6.82. The Morgan fingerprint density at radius 3 is 2.34 bits per heavy atom. The third kappa shape index (κ3) is 6.01. The van der Waals surface area contributed by atoms with Gasteiger partial charge in [0, 0.05) is 38.9 Å². The lowest BCUT2D eigenvalue weighted by Gasteiger charge is -2.18. The highest BCUT2D eigenvalue weighted by Crippen LogP contribution is 2.21. The highest BCUT2D eigenvalue weighted by molar-refractivity contribution is 5.79. The fraction of sp³-hybridized carbons (Fsp3) is 0.375. The van der Waals surface area contributed by atoms with E-state index in [1.807, 2.05) is 19.2 Å². The Balaban J connectivity index is 1.40. The van der Waals surface area contributed by atoms with Crippen LogP contribution in [-0.2, 0) is 6.54 Å². The summed E-state index contributed by atoms with van der Waals surface area (Å²) in [6, 6.07) is 17.1. The van der Waals surface area contributed by atoms with Crippen LogP contribution >= 0.6 is 0 Å². The van der Waals surface area contributed by atoms with Crippen LogP contribution in [0.15, 0.2) is 65.7 Å². The lowest BCUT2D eigenvalue weighted by atomic mass is 9.98. The first-order valence-corrected chi connectivity index (χ1v) is 10.3. The average Bonchev–Trinajstić information content (AvgIpc) is 3.31. The number of anilines is 1. The quantitative estimate of drug-likeness (QED) is 0.406. The molecule has 3 rings (SSSR count). The van der Waals surface area contributed by atoms with Gasteiger partial charge in [0.25, 0.3) is 0 Å². The van der Waals surface area contributed by atoms with Crippen molar-refractivity contribution in [3.05, 3.63) is 71.8 Å². The molecular weight excluding hydrogens is 360 g/mol. The Hall–Kier alpha value is -2.95. The molecule has 1 heterocycles. The number of methoxy groups -OCH3 is 1. The Bertz CT molecular complexity index is 804. The Morgan fingerprint density at radius 1 is 1.03 bits per heavy atom. The number of rotatable bonds is 8. The molecule has 1 aliphatic heterocycles. The van der Waals surface area contributed by atoms with Gasteiger partial charge < -0.3 is 20.3 Å². The van der Waals surface area contributed by atoms with E-state index in [2.05, 4.69) is 76.0 Å². The van der Waals surface area contributed by atoms with E-state index in [1.54, 1.807) is 7.11 Å². The molecule has 0 aliphatic carbocycles. The van der Waals surface area contributed by atoms with Crippen molar-refractivity contribution in [3.8, 4) is 5.75 Å². The predicted octanol–water partition coefficient (Wildman–Crippen LogP) is 3.93. The standard InChI is InChI=1S/C24H32N4O/c1-19(21-8-12-23(29-3)13-9-21)14-15-26-24(25-2)27-18-20-6-10-22(11-7-20)28-16-4-5-17-28/h4-13,19H,14-18H2,1-3H3,(H2,25,26,27). The minimum absolute atomic E-state index is 0.471. The third-order valence-corrected chi connectivity index (χ3v) is 5.36. The summed E-state index contributed by atoms with van der Waals surface area (Å²) in [4.78, 5) is 6.69. The number of hydrogen-bond donors (Lipinski definition) is 2. The highest BCUT2D eigenvalue weighted by Gasteiger charge is 2.08. The van der Waals surface area contributed by atoms with Crippen molar-refractivity contribution in [2.75, 3.05) is 38.7 Å². The summed E-state index contributed by atoms with van der Waals surface area (Å²) in [6.07, 6.45) is 5.45. The molecule has 0 fully saturated rings. The number of benzene rings is 2. The average molecular weight is 393 g/mol. The van der Waals surface area contributed by atoms with E-state index in [9.17, 15) is 0 Å². The van der Waals surface area contributed by atoms with Crippen molar-refractivity contribution < 1.29 is 4.74 Å². The van der Waals surface area contributed by atoms with Gasteiger partial charge in [-0.05, 0) is 47.7 Å². The van der Waals surface area contributed by atoms with E-state index in [0.29, 0.717) is 5.92 Å². The molecule has 2 aromatic rings. The van der Waals surface area contributed by atoms with Crippen LogP contribution in [0.4, 0.5) is 5.69 Å². The van der Waals surface area contributed by atoms with Gasteiger partial charge >= 0.3 is 0 Å². The SMILES string of the molecule is CN=C(NCCC(C)c1ccc(OC)cc1)NCc1ccc(N2CC=CC2)cc1. The normalized spacial score (nSPS) is 14.7. The number of hydrogen-bond acceptors (Lipinski definition) is 3. The molecule has 2 aromatic carbocycles. The van der Waals surface area contributed by atoms with Crippen molar-refractivity contribution in [2.45, 2.75) is 25.8 Å². The van der Waals surface area contributed by atoms with E-state index in [4.69, 9.17) is 4.74 Å². The molecular formula is C24H32N4O. The number of aliphatic imine (C=N–C) groups is 1. The lowest BCUT2D eigenvalue weighted by Crippen LogP contribution is -2.37. The van der Waals surface area contributed by atoms with Crippen LogP contribution in [0.25, 0.3) is 0 Å². The second-order valence-corrected chi connectivity index (χ2v) is 7.36. The number of ether oxygens (including phenoxy) is 1. The summed E-state index contributed by atoms with van der Waals surface area (Å²) < 4.78 is 5.23. The van der Waals surface area contributed by atoms with Gasteiger partial charge in [-0.3, -0.25) is 4.99 Å². The van der Waals surface area contributed by atoms with Gasteiger partial charge in [0.15, 0.2) is 5.96 Å². The van der Waals surface area contributed by atoms with Crippen molar-refractivity contribution in [1.82, 2.24) is 10.6 Å². The minimum atomic E-state index is 0.471. The van der Waals surface area contributed by atoms with Gasteiger partial charge in [-0.15, -0.1) is 0 Å². The summed E-state index contributed by atoms with van der Waals surface area (Å²) in [6.45, 7) is 5.88. The molecule has 1 aliphatic rings. The fourth-order valence-corrected chi connectivity index (χ4v) is 3.43. The molecule has 0 spiro atoms. The van der Waals surface area contributed by atoms with E-state index < -0.39 is 0 Å². The molecule has 0 aromatic heterocycles. The first kappa shape index (κ1) is 20.8. The summed E-state index contributed by atoms with van der Waals surface area (Å²) in [5.41, 5.74) is 3.84. The number of guanidine groups is 1. The molecule has 0 saturated heterocycles. The molecule has 0 radical (unpaired) electrons. The molecule has 29 heavy (non-hydrogen) atoms. The molecule has 1 atom stereocenters. The second-order valence-electron chi connectivity index (χ2n) is 7.36. The van der Waals surface area contributed by atoms with Crippen molar-refractivity contribution in [2.24, 2.45) is 4.99 Å². The maximum atomic E-state index is 5.23. The van der Waals surface area contributed by atoms with E-state index in [-0.39, 0.29) is 0 Å². The summed E-state index contributed by atoms with van der Waals surface area (Å²) in [7, 11) is 3.51. The zero-order chi connectivity index (χ0) is 20.5. The van der Waals surface area contributed by atoms with Crippen molar-refractivity contribution in [3.63, 3.8) is 0 Å². The lowest BCUT2D eigenvalue weighted by molar-refractivity contribution is 0.414. The van der Waals surface area contributed by atoms with Crippen LogP contribution in [0.5, 0.6) is 5.75 Å². The zero-order valence-electron chi connectivity index (χ0n) is 17.7. The summed E-state index contributed by atoms with van der Waals surface area (Å²) >= 11 is 0. The minimum Gasteiger partial charge on any atom is -0.497 e. The predicted molar refractivity (Wildman–Crippen MR) is 122 cm³/mol. The highest BCUT2D eigenvalue weighted by atomic mass is 16.5. The van der Waals surface area contributed by atoms with E-state index >= 15 is 0 Å². The van der Waals surface area contributed by atoms with Gasteiger partial charge in [-0.1, -0.05) is 43.3 Å². The van der Waals surface area contributed by atoms with Gasteiger partial charge in [0.1, 0.15) is 5.75 Å². The van der Waals surface area contributed by atoms with Crippen molar-refractivity contribution in [1.29, 1.82) is 0 Å². The topological polar surface area (TPSA) is 48.9 Å². The van der Waals surface area contributed by atoms with Crippen LogP contribution < -0.4 is 20.3 Å². The maximum absolute atomic E-state index is 5.23. The third-order valence-electron chi connectivity index (χ3n) is 5.36. The maximum Gasteiger partial charge on any atom is 0.191 e. The Morgan fingerprint density at radius 2 is 1.72 bits per heavy atom. The van der Waals surface area contributed by atoms with Crippen LogP contribution in [0, 0.1) is 0 Å². The van der Waals surface area contributed by atoms with Gasteiger partial charge in [-0.25, -0.2) is 0 Å². The second kappa shape index (κ2) is 10.6. The number of nitrogens with zero attached hydrogens (tertiary/aromatic N) is 2. The smallest absolute Gasteiger partial charge is 0.191 e. The molecule has 2 N–H and O–H groups in total. The first-order chi connectivity index (χ1) is 14.2. The Kier molecular flexibility index (Phi) is 7.56. The largest absolute Gasteiger partial charge is 0.497 e. The fourth-order valence-electron chi connectivity index (χ4n) is 3.43. The summed E-state index contributed by atoms with van der Waals surface area (Å²) in [5.74, 6) is 2.20. The molecule has 5 nitrogen and oxygen atoms in total. The molecule has 1 unspecified atom stereocenters. The van der Waals surface area contributed by atoms with E-state index in [1.165, 1.54) is 16.8 Å². The Labute approximate surface area is 174 Å². The van der Waals surface area contributed by atoms with Gasteiger partial charge in [0.05, 0.1) is 7.11 Å². The molecule has 0 amide bonds.